The summed E-state index contributed by atoms with van der Waals surface area (Å²) >= 11 is 5.75. The maximum atomic E-state index is 11.7. The van der Waals surface area contributed by atoms with Gasteiger partial charge in [-0.05, 0) is 42.0 Å². The van der Waals surface area contributed by atoms with Gasteiger partial charge in [0.1, 0.15) is 0 Å². The predicted molar refractivity (Wildman–Crippen MR) is 90.8 cm³/mol. The number of benzene rings is 2. The lowest BCUT2D eigenvalue weighted by Gasteiger charge is -2.04. The third-order valence-electron chi connectivity index (χ3n) is 2.88. The number of carbonyl (C=O) groups excluding carboxylic acids is 3. The molecule has 3 amide bonds. The first-order valence-corrected chi connectivity index (χ1v) is 7.13. The van der Waals surface area contributed by atoms with E-state index in [2.05, 4.69) is 15.8 Å². The Hall–Kier alpha value is -3.19. The molecule has 2 aromatic rings. The van der Waals surface area contributed by atoms with Gasteiger partial charge < -0.3 is 11.1 Å². The van der Waals surface area contributed by atoms with Gasteiger partial charge in [0.15, 0.2) is 0 Å². The maximum absolute atomic E-state index is 11.7. The van der Waals surface area contributed by atoms with Gasteiger partial charge in [0.2, 0.25) is 5.91 Å². The molecule has 0 aliphatic carbocycles. The molecule has 0 saturated heterocycles. The molecule has 0 aromatic heterocycles. The Morgan fingerprint density at radius 1 is 0.958 bits per heavy atom. The number of nitrogens with zero attached hydrogens (tertiary/aromatic N) is 1. The largest absolute Gasteiger partial charge is 0.366 e. The third-order valence-corrected chi connectivity index (χ3v) is 3.14. The molecule has 24 heavy (non-hydrogen) atoms. The second-order valence-electron chi connectivity index (χ2n) is 4.65. The Labute approximate surface area is 142 Å². The van der Waals surface area contributed by atoms with Crippen LogP contribution in [0.1, 0.15) is 15.9 Å². The molecule has 2 rings (SSSR count). The average molecular weight is 345 g/mol. The molecule has 2 aromatic carbocycles. The number of hydrogen-bond donors (Lipinski definition) is 3. The summed E-state index contributed by atoms with van der Waals surface area (Å²) in [5.41, 5.74) is 8.57. The fourth-order valence-corrected chi connectivity index (χ4v) is 1.80. The van der Waals surface area contributed by atoms with E-state index in [0.29, 0.717) is 21.8 Å². The van der Waals surface area contributed by atoms with Crippen molar-refractivity contribution in [2.75, 3.05) is 5.32 Å². The number of rotatable bonds is 4. The van der Waals surface area contributed by atoms with Crippen molar-refractivity contribution >= 4 is 41.2 Å². The molecule has 0 unspecified atom stereocenters. The molecule has 8 heteroatoms. The number of hydrazone groups is 1. The van der Waals surface area contributed by atoms with Crippen molar-refractivity contribution in [2.45, 2.75) is 0 Å². The molecule has 122 valence electrons. The minimum absolute atomic E-state index is 0.296. The highest BCUT2D eigenvalue weighted by molar-refractivity contribution is 6.39. The number of amides is 3. The lowest BCUT2D eigenvalue weighted by molar-refractivity contribution is -0.136. The van der Waals surface area contributed by atoms with E-state index in [9.17, 15) is 14.4 Å². The summed E-state index contributed by atoms with van der Waals surface area (Å²) in [6, 6.07) is 12.6. The van der Waals surface area contributed by atoms with Crippen molar-refractivity contribution in [3.05, 3.63) is 64.7 Å². The van der Waals surface area contributed by atoms with Gasteiger partial charge in [0.25, 0.3) is 0 Å². The summed E-state index contributed by atoms with van der Waals surface area (Å²) in [5.74, 6) is -2.41. The summed E-state index contributed by atoms with van der Waals surface area (Å²) in [6.45, 7) is 0. The van der Waals surface area contributed by atoms with Crippen molar-refractivity contribution in [1.82, 2.24) is 5.43 Å². The van der Waals surface area contributed by atoms with Crippen LogP contribution in [0.15, 0.2) is 53.6 Å². The van der Waals surface area contributed by atoms with Crippen LogP contribution >= 0.6 is 11.6 Å². The zero-order chi connectivity index (χ0) is 17.5. The second kappa shape index (κ2) is 7.89. The first kappa shape index (κ1) is 17.2. The van der Waals surface area contributed by atoms with Gasteiger partial charge in [-0.25, -0.2) is 5.43 Å². The number of nitrogens with two attached hydrogens (primary N) is 1. The molecule has 0 saturated carbocycles. The van der Waals surface area contributed by atoms with Crippen LogP contribution in [0.5, 0.6) is 0 Å². The van der Waals surface area contributed by atoms with E-state index in [0.717, 1.165) is 0 Å². The molecule has 0 aliphatic rings. The van der Waals surface area contributed by atoms with Gasteiger partial charge in [-0.2, -0.15) is 5.10 Å². The van der Waals surface area contributed by atoms with Crippen LogP contribution in [-0.4, -0.2) is 23.9 Å². The third kappa shape index (κ3) is 4.92. The first-order valence-electron chi connectivity index (χ1n) is 6.75. The topological polar surface area (TPSA) is 114 Å². The zero-order valence-corrected chi connectivity index (χ0v) is 13.1. The summed E-state index contributed by atoms with van der Waals surface area (Å²) in [4.78, 5) is 34.3. The van der Waals surface area contributed by atoms with E-state index in [1.165, 1.54) is 30.5 Å². The number of hydrogen-bond acceptors (Lipinski definition) is 4. The maximum Gasteiger partial charge on any atom is 0.329 e. The van der Waals surface area contributed by atoms with Gasteiger partial charge in [-0.3, -0.25) is 14.4 Å². The van der Waals surface area contributed by atoms with Gasteiger partial charge in [0, 0.05) is 16.3 Å². The molecule has 7 nitrogen and oxygen atoms in total. The highest BCUT2D eigenvalue weighted by atomic mass is 35.5. The monoisotopic (exact) mass is 344 g/mol. The summed E-state index contributed by atoms with van der Waals surface area (Å²) in [7, 11) is 0. The van der Waals surface area contributed by atoms with Crippen molar-refractivity contribution in [2.24, 2.45) is 10.8 Å². The molecule has 0 radical (unpaired) electrons. The highest BCUT2D eigenvalue weighted by Crippen LogP contribution is 2.09. The lowest BCUT2D eigenvalue weighted by atomic mass is 10.2. The van der Waals surface area contributed by atoms with E-state index in [4.69, 9.17) is 17.3 Å². The minimum Gasteiger partial charge on any atom is -0.366 e. The first-order chi connectivity index (χ1) is 11.5. The zero-order valence-electron chi connectivity index (χ0n) is 12.3. The van der Waals surface area contributed by atoms with E-state index < -0.39 is 17.7 Å². The van der Waals surface area contributed by atoms with Crippen LogP contribution in [0.3, 0.4) is 0 Å². The SMILES string of the molecule is NC(=O)c1ccc(NC(=O)C(=O)NN=Cc2ccc(Cl)cc2)cc1. The Morgan fingerprint density at radius 3 is 2.17 bits per heavy atom. The van der Waals surface area contributed by atoms with Gasteiger partial charge >= 0.3 is 11.8 Å². The fraction of sp³-hybridized carbons (Fsp3) is 0. The van der Waals surface area contributed by atoms with Crippen LogP contribution < -0.4 is 16.5 Å². The van der Waals surface area contributed by atoms with Gasteiger partial charge in [-0.15, -0.1) is 0 Å². The van der Waals surface area contributed by atoms with E-state index in [1.807, 2.05) is 0 Å². The standard InChI is InChI=1S/C16H13ClN4O3/c17-12-5-1-10(2-6-12)9-19-21-16(24)15(23)20-13-7-3-11(4-8-13)14(18)22/h1-9H,(H2,18,22)(H,20,23)(H,21,24). The molecular weight excluding hydrogens is 332 g/mol. The Balaban J connectivity index is 1.88. The van der Waals surface area contributed by atoms with Crippen molar-refractivity contribution < 1.29 is 14.4 Å². The van der Waals surface area contributed by atoms with Gasteiger partial charge in [-0.1, -0.05) is 23.7 Å². The van der Waals surface area contributed by atoms with Crippen LogP contribution in [-0.2, 0) is 9.59 Å². The molecular formula is C16H13ClN4O3. The normalized spacial score (nSPS) is 10.4. The minimum atomic E-state index is -0.931. The Kier molecular flexibility index (Phi) is 5.64. The van der Waals surface area contributed by atoms with E-state index >= 15 is 0 Å². The highest BCUT2D eigenvalue weighted by Gasteiger charge is 2.13. The predicted octanol–water partition coefficient (Wildman–Crippen LogP) is 1.53. The van der Waals surface area contributed by atoms with Crippen molar-refractivity contribution in [3.63, 3.8) is 0 Å². The smallest absolute Gasteiger partial charge is 0.329 e. The van der Waals surface area contributed by atoms with Crippen molar-refractivity contribution in [1.29, 1.82) is 0 Å². The molecule has 0 fully saturated rings. The van der Waals surface area contributed by atoms with Crippen LogP contribution in [0.2, 0.25) is 5.02 Å². The Bertz CT molecular complexity index is 786. The Morgan fingerprint density at radius 2 is 1.58 bits per heavy atom. The average Bonchev–Trinajstić information content (AvgIpc) is 2.57. The molecule has 0 bridgehead atoms. The lowest BCUT2D eigenvalue weighted by Crippen LogP contribution is -2.32. The quantitative estimate of drug-likeness (QED) is 0.444. The number of halogens is 1. The summed E-state index contributed by atoms with van der Waals surface area (Å²) in [5, 5.41) is 6.63. The number of nitrogens with one attached hydrogen (secondary N) is 2. The van der Waals surface area contributed by atoms with E-state index in [-0.39, 0.29) is 0 Å². The summed E-state index contributed by atoms with van der Waals surface area (Å²) < 4.78 is 0. The molecule has 0 aliphatic heterocycles. The molecule has 0 heterocycles. The second-order valence-corrected chi connectivity index (χ2v) is 5.08. The number of primary amides is 1. The van der Waals surface area contributed by atoms with E-state index in [1.54, 1.807) is 24.3 Å². The van der Waals surface area contributed by atoms with Crippen LogP contribution in [0.25, 0.3) is 0 Å². The number of carbonyl (C=O) groups is 3. The molecule has 4 N–H and O–H groups in total. The summed E-state index contributed by atoms with van der Waals surface area (Å²) in [6.07, 6.45) is 1.38. The molecule has 0 spiro atoms. The van der Waals surface area contributed by atoms with Crippen LogP contribution in [0, 0.1) is 0 Å². The van der Waals surface area contributed by atoms with Gasteiger partial charge in [0.05, 0.1) is 6.21 Å². The fourth-order valence-electron chi connectivity index (χ4n) is 1.67. The molecule has 0 atom stereocenters. The van der Waals surface area contributed by atoms with Crippen molar-refractivity contribution in [3.8, 4) is 0 Å². The van der Waals surface area contributed by atoms with Crippen LogP contribution in [0.4, 0.5) is 5.69 Å². The number of anilines is 1.